The SMILES string of the molecule is O=C(N1CCN(c2ncn[nH]2)CC1)C1(Cn2ccnc2)CC1. The number of carbonyl (C=O) groups excluding carboxylic acids is 1. The van der Waals surface area contributed by atoms with Crippen LogP contribution in [0.5, 0.6) is 0 Å². The van der Waals surface area contributed by atoms with Crippen LogP contribution in [0.3, 0.4) is 0 Å². The lowest BCUT2D eigenvalue weighted by molar-refractivity contribution is -0.137. The van der Waals surface area contributed by atoms with Gasteiger partial charge in [-0.15, -0.1) is 0 Å². The molecule has 2 fully saturated rings. The number of imidazole rings is 1. The Labute approximate surface area is 128 Å². The molecule has 0 radical (unpaired) electrons. The highest BCUT2D eigenvalue weighted by atomic mass is 16.2. The minimum absolute atomic E-state index is 0.199. The van der Waals surface area contributed by atoms with Gasteiger partial charge in [-0.05, 0) is 12.8 Å². The van der Waals surface area contributed by atoms with Crippen molar-refractivity contribution in [1.29, 1.82) is 0 Å². The van der Waals surface area contributed by atoms with E-state index in [1.165, 1.54) is 6.33 Å². The molecule has 1 amide bonds. The summed E-state index contributed by atoms with van der Waals surface area (Å²) >= 11 is 0. The van der Waals surface area contributed by atoms with Gasteiger partial charge in [-0.2, -0.15) is 10.1 Å². The summed E-state index contributed by atoms with van der Waals surface area (Å²) in [6.07, 6.45) is 8.94. The molecule has 0 unspecified atom stereocenters. The van der Waals surface area contributed by atoms with E-state index in [0.717, 1.165) is 51.5 Å². The van der Waals surface area contributed by atoms with Crippen molar-refractivity contribution in [3.05, 3.63) is 25.0 Å². The number of piperazine rings is 1. The fourth-order valence-corrected chi connectivity index (χ4v) is 3.13. The number of aromatic nitrogens is 5. The number of H-pyrrole nitrogens is 1. The lowest BCUT2D eigenvalue weighted by atomic mass is 10.0. The molecule has 1 saturated heterocycles. The van der Waals surface area contributed by atoms with Crippen LogP contribution in [0.2, 0.25) is 0 Å². The van der Waals surface area contributed by atoms with Gasteiger partial charge in [0.1, 0.15) is 6.33 Å². The van der Waals surface area contributed by atoms with Gasteiger partial charge in [-0.3, -0.25) is 4.79 Å². The topological polar surface area (TPSA) is 82.9 Å². The van der Waals surface area contributed by atoms with Crippen LogP contribution in [0.25, 0.3) is 0 Å². The second-order valence-corrected chi connectivity index (χ2v) is 6.10. The summed E-state index contributed by atoms with van der Waals surface area (Å²) in [6.45, 7) is 3.81. The molecule has 0 spiro atoms. The van der Waals surface area contributed by atoms with Crippen LogP contribution < -0.4 is 4.90 Å². The van der Waals surface area contributed by atoms with Crippen molar-refractivity contribution >= 4 is 11.9 Å². The molecule has 0 atom stereocenters. The lowest BCUT2D eigenvalue weighted by Crippen LogP contribution is -2.51. The maximum Gasteiger partial charge on any atom is 0.230 e. The first-order valence-corrected chi connectivity index (χ1v) is 7.62. The van der Waals surface area contributed by atoms with Gasteiger partial charge in [-0.25, -0.2) is 10.1 Å². The predicted molar refractivity (Wildman–Crippen MR) is 79.1 cm³/mol. The Kier molecular flexibility index (Phi) is 3.09. The first-order chi connectivity index (χ1) is 10.8. The molecular weight excluding hydrogens is 282 g/mol. The summed E-state index contributed by atoms with van der Waals surface area (Å²) in [7, 11) is 0. The number of anilines is 1. The molecule has 2 aromatic heterocycles. The van der Waals surface area contributed by atoms with Crippen LogP contribution in [0, 0.1) is 5.41 Å². The number of aromatic amines is 1. The number of amides is 1. The third-order valence-corrected chi connectivity index (χ3v) is 4.62. The van der Waals surface area contributed by atoms with Crippen molar-refractivity contribution < 1.29 is 4.79 Å². The minimum atomic E-state index is -0.199. The highest BCUT2D eigenvalue weighted by Crippen LogP contribution is 2.48. The average molecular weight is 301 g/mol. The summed E-state index contributed by atoms with van der Waals surface area (Å²) in [5.41, 5.74) is -0.199. The Morgan fingerprint density at radius 1 is 1.27 bits per heavy atom. The second-order valence-electron chi connectivity index (χ2n) is 6.10. The standard InChI is InChI=1S/C14H19N7O/c22-12(14(1-2-14)9-19-4-3-15-11-19)20-5-7-21(8-6-20)13-16-10-17-18-13/h3-4,10-11H,1-2,5-9H2,(H,16,17,18). The molecule has 0 bridgehead atoms. The molecule has 1 aliphatic carbocycles. The van der Waals surface area contributed by atoms with E-state index in [4.69, 9.17) is 0 Å². The van der Waals surface area contributed by atoms with Crippen molar-refractivity contribution in [3.63, 3.8) is 0 Å². The van der Waals surface area contributed by atoms with Crippen LogP contribution in [-0.2, 0) is 11.3 Å². The fourth-order valence-electron chi connectivity index (χ4n) is 3.13. The van der Waals surface area contributed by atoms with Gasteiger partial charge in [-0.1, -0.05) is 0 Å². The van der Waals surface area contributed by atoms with E-state index in [1.54, 1.807) is 12.5 Å². The number of hydrogen-bond donors (Lipinski definition) is 1. The molecule has 8 heteroatoms. The van der Waals surface area contributed by atoms with Crippen LogP contribution in [-0.4, -0.2) is 61.7 Å². The van der Waals surface area contributed by atoms with E-state index in [-0.39, 0.29) is 5.41 Å². The van der Waals surface area contributed by atoms with Crippen LogP contribution in [0.4, 0.5) is 5.95 Å². The van der Waals surface area contributed by atoms with Crippen molar-refractivity contribution in [1.82, 2.24) is 29.6 Å². The quantitative estimate of drug-likeness (QED) is 0.868. The van der Waals surface area contributed by atoms with Crippen molar-refractivity contribution in [2.24, 2.45) is 5.41 Å². The molecule has 1 N–H and O–H groups in total. The molecule has 1 aliphatic heterocycles. The molecule has 4 rings (SSSR count). The van der Waals surface area contributed by atoms with E-state index in [9.17, 15) is 4.79 Å². The van der Waals surface area contributed by atoms with Gasteiger partial charge < -0.3 is 14.4 Å². The first kappa shape index (κ1) is 13.3. The van der Waals surface area contributed by atoms with Crippen LogP contribution in [0.15, 0.2) is 25.0 Å². The maximum absolute atomic E-state index is 12.8. The largest absolute Gasteiger partial charge is 0.339 e. The first-order valence-electron chi connectivity index (χ1n) is 7.62. The number of nitrogens with zero attached hydrogens (tertiary/aromatic N) is 6. The highest BCUT2D eigenvalue weighted by Gasteiger charge is 2.52. The Balaban J connectivity index is 1.38. The van der Waals surface area contributed by atoms with Crippen LogP contribution in [0.1, 0.15) is 12.8 Å². The molecule has 8 nitrogen and oxygen atoms in total. The zero-order chi connectivity index (χ0) is 15.0. The van der Waals surface area contributed by atoms with Gasteiger partial charge in [0.15, 0.2) is 0 Å². The summed E-state index contributed by atoms with van der Waals surface area (Å²) in [5, 5.41) is 6.75. The number of nitrogens with one attached hydrogen (secondary N) is 1. The van der Waals surface area contributed by atoms with Gasteiger partial charge in [0.2, 0.25) is 11.9 Å². The maximum atomic E-state index is 12.8. The molecule has 2 aromatic rings. The van der Waals surface area contributed by atoms with Crippen molar-refractivity contribution in [3.8, 4) is 0 Å². The number of carbonyl (C=O) groups is 1. The number of hydrogen-bond acceptors (Lipinski definition) is 5. The normalized spacial score (nSPS) is 20.2. The smallest absolute Gasteiger partial charge is 0.230 e. The highest BCUT2D eigenvalue weighted by molar-refractivity contribution is 5.85. The lowest BCUT2D eigenvalue weighted by Gasteiger charge is -2.36. The van der Waals surface area contributed by atoms with Crippen molar-refractivity contribution in [2.45, 2.75) is 19.4 Å². The third-order valence-electron chi connectivity index (χ3n) is 4.62. The molecule has 116 valence electrons. The summed E-state index contributed by atoms with van der Waals surface area (Å²) in [6, 6.07) is 0. The summed E-state index contributed by atoms with van der Waals surface area (Å²) in [4.78, 5) is 25.2. The minimum Gasteiger partial charge on any atom is -0.339 e. The van der Waals surface area contributed by atoms with E-state index in [0.29, 0.717) is 5.91 Å². The monoisotopic (exact) mass is 301 g/mol. The van der Waals surface area contributed by atoms with E-state index in [1.807, 2.05) is 15.7 Å². The molecule has 0 aromatic carbocycles. The fraction of sp³-hybridized carbons (Fsp3) is 0.571. The Morgan fingerprint density at radius 2 is 2.09 bits per heavy atom. The Bertz CT molecular complexity index is 624. The molecule has 2 aliphatic rings. The Morgan fingerprint density at radius 3 is 2.68 bits per heavy atom. The van der Waals surface area contributed by atoms with Crippen LogP contribution >= 0.6 is 0 Å². The van der Waals surface area contributed by atoms with E-state index >= 15 is 0 Å². The Hall–Kier alpha value is -2.38. The zero-order valence-corrected chi connectivity index (χ0v) is 12.4. The molecule has 1 saturated carbocycles. The van der Waals surface area contributed by atoms with Gasteiger partial charge >= 0.3 is 0 Å². The zero-order valence-electron chi connectivity index (χ0n) is 12.4. The molecular formula is C14H19N7O. The second kappa shape index (κ2) is 5.11. The third kappa shape index (κ3) is 2.34. The van der Waals surface area contributed by atoms with Gasteiger partial charge in [0.25, 0.3) is 0 Å². The molecule has 22 heavy (non-hydrogen) atoms. The summed E-state index contributed by atoms with van der Waals surface area (Å²) in [5.74, 6) is 1.07. The van der Waals surface area contributed by atoms with Gasteiger partial charge in [0.05, 0.1) is 11.7 Å². The van der Waals surface area contributed by atoms with Crippen molar-refractivity contribution in [2.75, 3.05) is 31.1 Å². The summed E-state index contributed by atoms with van der Waals surface area (Å²) < 4.78 is 2.01. The predicted octanol–water partition coefficient (Wildman–Crippen LogP) is 0.130. The number of rotatable bonds is 4. The van der Waals surface area contributed by atoms with E-state index in [2.05, 4.69) is 25.1 Å². The average Bonchev–Trinajstić information content (AvgIpc) is 2.98. The van der Waals surface area contributed by atoms with E-state index < -0.39 is 0 Å². The molecule has 3 heterocycles. The van der Waals surface area contributed by atoms with Gasteiger partial charge in [0, 0.05) is 45.1 Å².